The van der Waals surface area contributed by atoms with Gasteiger partial charge in [0.25, 0.3) is 5.91 Å². The number of ether oxygens (including phenoxy) is 1. The van der Waals surface area contributed by atoms with Gasteiger partial charge in [-0.25, -0.2) is 0 Å². The molecule has 0 saturated heterocycles. The van der Waals surface area contributed by atoms with E-state index >= 15 is 0 Å². The highest BCUT2D eigenvalue weighted by molar-refractivity contribution is 7.12. The van der Waals surface area contributed by atoms with Gasteiger partial charge in [-0.3, -0.25) is 19.3 Å². The molecule has 0 fully saturated rings. The lowest BCUT2D eigenvalue weighted by molar-refractivity contribution is -0.127. The van der Waals surface area contributed by atoms with E-state index in [1.165, 1.54) is 16.2 Å². The molecule has 3 amide bonds. The maximum atomic E-state index is 14.0. The highest BCUT2D eigenvalue weighted by Crippen LogP contribution is 2.34. The summed E-state index contributed by atoms with van der Waals surface area (Å²) in [7, 11) is 1.56. The Hall–Kier alpha value is -3.65. The first-order chi connectivity index (χ1) is 17.6. The molecule has 0 aliphatic carbocycles. The normalized spacial score (nSPS) is 11.9. The molecule has 2 aromatic carbocycles. The second-order valence-electron chi connectivity index (χ2n) is 9.57. The number of hydrogen-bond donors (Lipinski definition) is 2. The van der Waals surface area contributed by atoms with Crippen molar-refractivity contribution in [1.29, 1.82) is 0 Å². The fourth-order valence-corrected chi connectivity index (χ4v) is 4.68. The lowest BCUT2D eigenvalue weighted by Crippen LogP contribution is -2.52. The topological polar surface area (TPSA) is 87.7 Å². The smallest absolute Gasteiger partial charge is 0.261 e. The molecule has 0 aliphatic heterocycles. The van der Waals surface area contributed by atoms with Gasteiger partial charge in [0.2, 0.25) is 11.8 Å². The van der Waals surface area contributed by atoms with Crippen LogP contribution in [-0.4, -0.2) is 36.9 Å². The van der Waals surface area contributed by atoms with E-state index in [0.29, 0.717) is 28.3 Å². The number of nitrogens with zero attached hydrogens (tertiary/aromatic N) is 1. The van der Waals surface area contributed by atoms with Gasteiger partial charge in [-0.15, -0.1) is 11.3 Å². The molecule has 1 atom stereocenters. The average Bonchev–Trinajstić information content (AvgIpc) is 3.41. The zero-order valence-electron chi connectivity index (χ0n) is 22.3. The minimum absolute atomic E-state index is 0.268. The van der Waals surface area contributed by atoms with Crippen molar-refractivity contribution in [2.24, 2.45) is 0 Å². The van der Waals surface area contributed by atoms with E-state index in [1.54, 1.807) is 42.8 Å². The summed E-state index contributed by atoms with van der Waals surface area (Å²) >= 11 is 1.30. The Bertz CT molecular complexity index is 1230. The fraction of sp³-hybridized carbons (Fsp3) is 0.345. The van der Waals surface area contributed by atoms with E-state index in [1.807, 2.05) is 58.9 Å². The van der Waals surface area contributed by atoms with Crippen LogP contribution in [0.15, 0.2) is 60.0 Å². The molecule has 3 aromatic rings. The SMILES string of the molecule is CCC(C)(C)NC(=O)[C@@H](c1cccc(OC)c1)N(C(=O)CNC(=O)c1cccs1)c1c(C)cccc1C. The van der Waals surface area contributed by atoms with Crippen LogP contribution in [-0.2, 0) is 9.59 Å². The lowest BCUT2D eigenvalue weighted by Gasteiger charge is -2.36. The van der Waals surface area contributed by atoms with Crippen LogP contribution in [0, 0.1) is 13.8 Å². The van der Waals surface area contributed by atoms with Crippen LogP contribution < -0.4 is 20.3 Å². The molecule has 0 spiro atoms. The number of rotatable bonds is 10. The molecule has 37 heavy (non-hydrogen) atoms. The van der Waals surface area contributed by atoms with Gasteiger partial charge in [0.05, 0.1) is 24.2 Å². The highest BCUT2D eigenvalue weighted by Gasteiger charge is 2.36. The zero-order chi connectivity index (χ0) is 27.2. The molecule has 0 radical (unpaired) electrons. The van der Waals surface area contributed by atoms with Crippen molar-refractivity contribution < 1.29 is 19.1 Å². The van der Waals surface area contributed by atoms with Gasteiger partial charge < -0.3 is 15.4 Å². The minimum atomic E-state index is -0.994. The Morgan fingerprint density at radius 3 is 2.30 bits per heavy atom. The minimum Gasteiger partial charge on any atom is -0.497 e. The summed E-state index contributed by atoms with van der Waals surface area (Å²) in [4.78, 5) is 42.5. The third kappa shape index (κ3) is 6.77. The Balaban J connectivity index is 2.12. The summed E-state index contributed by atoms with van der Waals surface area (Å²) in [6.45, 7) is 9.43. The summed E-state index contributed by atoms with van der Waals surface area (Å²) in [6, 6.07) is 15.4. The summed E-state index contributed by atoms with van der Waals surface area (Å²) in [5.74, 6) is -0.482. The van der Waals surface area contributed by atoms with Crippen molar-refractivity contribution in [3.63, 3.8) is 0 Å². The Kier molecular flexibility index (Phi) is 9.10. The first-order valence-electron chi connectivity index (χ1n) is 12.2. The number of methoxy groups -OCH3 is 1. The maximum absolute atomic E-state index is 14.0. The summed E-state index contributed by atoms with van der Waals surface area (Å²) in [5.41, 5.74) is 2.43. The molecule has 8 heteroatoms. The molecule has 2 N–H and O–H groups in total. The number of hydrogen-bond acceptors (Lipinski definition) is 5. The molecule has 1 aromatic heterocycles. The third-order valence-corrected chi connectivity index (χ3v) is 7.22. The molecule has 196 valence electrons. The van der Waals surface area contributed by atoms with Crippen LogP contribution in [0.5, 0.6) is 5.75 Å². The van der Waals surface area contributed by atoms with Gasteiger partial charge in [-0.05, 0) is 74.4 Å². The Morgan fingerprint density at radius 2 is 1.70 bits per heavy atom. The molecule has 0 unspecified atom stereocenters. The van der Waals surface area contributed by atoms with Gasteiger partial charge in [-0.2, -0.15) is 0 Å². The molecule has 0 aliphatic rings. The van der Waals surface area contributed by atoms with Crippen LogP contribution in [0.2, 0.25) is 0 Å². The Labute approximate surface area is 222 Å². The van der Waals surface area contributed by atoms with E-state index in [0.717, 1.165) is 11.1 Å². The van der Waals surface area contributed by atoms with E-state index in [9.17, 15) is 14.4 Å². The number of benzene rings is 2. The molecule has 0 bridgehead atoms. The first kappa shape index (κ1) is 27.9. The van der Waals surface area contributed by atoms with Gasteiger partial charge in [-0.1, -0.05) is 43.3 Å². The van der Waals surface area contributed by atoms with E-state index in [2.05, 4.69) is 10.6 Å². The Morgan fingerprint density at radius 1 is 1.03 bits per heavy atom. The number of carbonyl (C=O) groups excluding carboxylic acids is 3. The predicted octanol–water partition coefficient (Wildman–Crippen LogP) is 5.18. The quantitative estimate of drug-likeness (QED) is 0.385. The van der Waals surface area contributed by atoms with Crippen molar-refractivity contribution in [3.05, 3.63) is 81.5 Å². The van der Waals surface area contributed by atoms with Crippen LogP contribution >= 0.6 is 11.3 Å². The fourth-order valence-electron chi connectivity index (χ4n) is 4.04. The molecular formula is C29H35N3O4S. The monoisotopic (exact) mass is 521 g/mol. The average molecular weight is 522 g/mol. The number of nitrogens with one attached hydrogen (secondary N) is 2. The van der Waals surface area contributed by atoms with Crippen molar-refractivity contribution in [3.8, 4) is 5.75 Å². The standard InChI is InChI=1S/C29H35N3O4S/c1-7-29(4,5)31-28(35)26(21-13-9-14-22(17-21)36-6)32(25-19(2)11-8-12-20(25)3)24(33)18-30-27(34)23-15-10-16-37-23/h8-17,26H,7,18H2,1-6H3,(H,30,34)(H,31,35)/t26-/m1/s1. The second kappa shape index (κ2) is 12.1. The lowest BCUT2D eigenvalue weighted by atomic mass is 9.96. The van der Waals surface area contributed by atoms with Crippen LogP contribution in [0.3, 0.4) is 0 Å². The number of anilines is 1. The number of para-hydroxylation sites is 1. The highest BCUT2D eigenvalue weighted by atomic mass is 32.1. The summed E-state index contributed by atoms with van der Waals surface area (Å²) in [6.07, 6.45) is 0.706. The van der Waals surface area contributed by atoms with Crippen molar-refractivity contribution in [1.82, 2.24) is 10.6 Å². The number of aryl methyl sites for hydroxylation is 2. The van der Waals surface area contributed by atoms with E-state index in [-0.39, 0.29) is 18.4 Å². The zero-order valence-corrected chi connectivity index (χ0v) is 23.1. The second-order valence-corrected chi connectivity index (χ2v) is 10.5. The molecular weight excluding hydrogens is 486 g/mol. The molecule has 0 saturated carbocycles. The first-order valence-corrected chi connectivity index (χ1v) is 13.1. The van der Waals surface area contributed by atoms with Gasteiger partial charge in [0, 0.05) is 5.54 Å². The van der Waals surface area contributed by atoms with Crippen LogP contribution in [0.1, 0.15) is 59.6 Å². The summed E-state index contributed by atoms with van der Waals surface area (Å²) < 4.78 is 5.43. The third-order valence-electron chi connectivity index (χ3n) is 6.36. The number of carbonyl (C=O) groups is 3. The predicted molar refractivity (Wildman–Crippen MR) is 148 cm³/mol. The van der Waals surface area contributed by atoms with Crippen LogP contribution in [0.4, 0.5) is 5.69 Å². The van der Waals surface area contributed by atoms with Crippen molar-refractivity contribution in [2.45, 2.75) is 52.6 Å². The maximum Gasteiger partial charge on any atom is 0.261 e. The van der Waals surface area contributed by atoms with Gasteiger partial charge >= 0.3 is 0 Å². The van der Waals surface area contributed by atoms with Crippen LogP contribution in [0.25, 0.3) is 0 Å². The number of thiophene rings is 1. The molecule has 7 nitrogen and oxygen atoms in total. The molecule has 3 rings (SSSR count). The summed E-state index contributed by atoms with van der Waals surface area (Å²) in [5, 5.41) is 7.64. The largest absolute Gasteiger partial charge is 0.497 e. The van der Waals surface area contributed by atoms with E-state index < -0.39 is 17.5 Å². The van der Waals surface area contributed by atoms with Gasteiger partial charge in [0.1, 0.15) is 11.8 Å². The van der Waals surface area contributed by atoms with Gasteiger partial charge in [0.15, 0.2) is 0 Å². The van der Waals surface area contributed by atoms with E-state index in [4.69, 9.17) is 4.74 Å². The van der Waals surface area contributed by atoms with Crippen molar-refractivity contribution in [2.75, 3.05) is 18.6 Å². The number of amides is 3. The van der Waals surface area contributed by atoms with Crippen molar-refractivity contribution >= 4 is 34.7 Å². The molecule has 1 heterocycles.